The maximum absolute atomic E-state index is 5.97. The van der Waals surface area contributed by atoms with Gasteiger partial charge in [0.25, 0.3) is 0 Å². The zero-order valence-electron chi connectivity index (χ0n) is 10.8. The van der Waals surface area contributed by atoms with Crippen LogP contribution in [0.2, 0.25) is 5.02 Å². The molecule has 0 spiro atoms. The van der Waals surface area contributed by atoms with E-state index in [1.807, 2.05) is 26.0 Å². The van der Waals surface area contributed by atoms with Gasteiger partial charge in [0.1, 0.15) is 12.4 Å². The van der Waals surface area contributed by atoms with Crippen LogP contribution in [0.25, 0.3) is 0 Å². The average molecular weight is 254 g/mol. The SMILES string of the molecule is C=C(CNCC)COc1c(C)cc(Cl)cc1C. The lowest BCUT2D eigenvalue weighted by molar-refractivity contribution is 0.344. The Morgan fingerprint density at radius 1 is 1.35 bits per heavy atom. The van der Waals surface area contributed by atoms with Gasteiger partial charge in [0, 0.05) is 11.6 Å². The largest absolute Gasteiger partial charge is 0.489 e. The Hall–Kier alpha value is -0.990. The van der Waals surface area contributed by atoms with Crippen molar-refractivity contribution >= 4 is 11.6 Å². The standard InChI is InChI=1S/C14H20ClNO/c1-5-16-8-10(2)9-17-14-11(3)6-13(15)7-12(14)4/h6-7,16H,2,5,8-9H2,1,3-4H3. The lowest BCUT2D eigenvalue weighted by Crippen LogP contribution is -2.19. The van der Waals surface area contributed by atoms with Gasteiger partial charge in [0.05, 0.1) is 0 Å². The van der Waals surface area contributed by atoms with E-state index in [1.54, 1.807) is 0 Å². The molecule has 17 heavy (non-hydrogen) atoms. The summed E-state index contributed by atoms with van der Waals surface area (Å²) in [6.45, 7) is 12.3. The number of rotatable bonds is 6. The van der Waals surface area contributed by atoms with Crippen molar-refractivity contribution in [2.24, 2.45) is 0 Å². The fourth-order valence-electron chi connectivity index (χ4n) is 1.65. The highest BCUT2D eigenvalue weighted by atomic mass is 35.5. The molecule has 0 saturated heterocycles. The minimum absolute atomic E-state index is 0.538. The first-order valence-electron chi connectivity index (χ1n) is 5.81. The minimum atomic E-state index is 0.538. The summed E-state index contributed by atoms with van der Waals surface area (Å²) in [5.41, 5.74) is 3.16. The van der Waals surface area contributed by atoms with E-state index in [1.165, 1.54) is 0 Å². The summed E-state index contributed by atoms with van der Waals surface area (Å²) in [5.74, 6) is 0.909. The lowest BCUT2D eigenvalue weighted by Gasteiger charge is -2.14. The molecular formula is C14H20ClNO. The molecule has 2 nitrogen and oxygen atoms in total. The molecule has 1 N–H and O–H groups in total. The monoisotopic (exact) mass is 253 g/mol. The van der Waals surface area contributed by atoms with E-state index < -0.39 is 0 Å². The quantitative estimate of drug-likeness (QED) is 0.784. The zero-order chi connectivity index (χ0) is 12.8. The third kappa shape index (κ3) is 4.41. The van der Waals surface area contributed by atoms with Gasteiger partial charge in [-0.05, 0) is 49.2 Å². The maximum Gasteiger partial charge on any atom is 0.125 e. The third-order valence-electron chi connectivity index (χ3n) is 2.47. The first kappa shape index (κ1) is 14.1. The molecule has 0 heterocycles. The molecule has 94 valence electrons. The second kappa shape index (κ2) is 6.67. The van der Waals surface area contributed by atoms with Crippen LogP contribution in [0.15, 0.2) is 24.3 Å². The Morgan fingerprint density at radius 3 is 2.47 bits per heavy atom. The van der Waals surface area contributed by atoms with Crippen LogP contribution in [0, 0.1) is 13.8 Å². The number of nitrogens with one attached hydrogen (secondary N) is 1. The summed E-state index contributed by atoms with van der Waals surface area (Å²) in [4.78, 5) is 0. The Morgan fingerprint density at radius 2 is 1.94 bits per heavy atom. The number of hydrogen-bond acceptors (Lipinski definition) is 2. The number of benzene rings is 1. The van der Waals surface area contributed by atoms with Crippen molar-refractivity contribution in [1.29, 1.82) is 0 Å². The van der Waals surface area contributed by atoms with Crippen LogP contribution in [0.5, 0.6) is 5.75 Å². The molecule has 0 aromatic heterocycles. The van der Waals surface area contributed by atoms with Gasteiger partial charge in [0.2, 0.25) is 0 Å². The molecule has 0 unspecified atom stereocenters. The molecule has 1 aromatic carbocycles. The highest BCUT2D eigenvalue weighted by Crippen LogP contribution is 2.27. The highest BCUT2D eigenvalue weighted by Gasteiger charge is 2.06. The summed E-state index contributed by atoms with van der Waals surface area (Å²) >= 11 is 5.97. The molecule has 3 heteroatoms. The van der Waals surface area contributed by atoms with Crippen LogP contribution in [-0.2, 0) is 0 Å². The molecule has 0 saturated carbocycles. The van der Waals surface area contributed by atoms with Crippen LogP contribution >= 0.6 is 11.6 Å². The van der Waals surface area contributed by atoms with Gasteiger partial charge in [-0.15, -0.1) is 0 Å². The van der Waals surface area contributed by atoms with Crippen molar-refractivity contribution in [2.75, 3.05) is 19.7 Å². The van der Waals surface area contributed by atoms with Crippen LogP contribution in [0.4, 0.5) is 0 Å². The summed E-state index contributed by atoms with van der Waals surface area (Å²) < 4.78 is 5.78. The molecule has 0 atom stereocenters. The highest BCUT2D eigenvalue weighted by molar-refractivity contribution is 6.30. The van der Waals surface area contributed by atoms with Gasteiger partial charge in [0.15, 0.2) is 0 Å². The Bertz CT molecular complexity index is 378. The van der Waals surface area contributed by atoms with Gasteiger partial charge >= 0.3 is 0 Å². The first-order valence-corrected chi connectivity index (χ1v) is 6.19. The van der Waals surface area contributed by atoms with E-state index in [4.69, 9.17) is 16.3 Å². The van der Waals surface area contributed by atoms with E-state index in [-0.39, 0.29) is 0 Å². The number of hydrogen-bond donors (Lipinski definition) is 1. The predicted molar refractivity (Wildman–Crippen MR) is 74.1 cm³/mol. The second-order valence-corrected chi connectivity index (χ2v) is 4.62. The number of aryl methyl sites for hydroxylation is 2. The summed E-state index contributed by atoms with van der Waals surface area (Å²) in [5, 5.41) is 3.97. The van der Waals surface area contributed by atoms with Gasteiger partial charge in [-0.3, -0.25) is 0 Å². The lowest BCUT2D eigenvalue weighted by atomic mass is 10.1. The van der Waals surface area contributed by atoms with Crippen LogP contribution in [0.3, 0.4) is 0 Å². The van der Waals surface area contributed by atoms with E-state index >= 15 is 0 Å². The van der Waals surface area contributed by atoms with Crippen LogP contribution in [0.1, 0.15) is 18.1 Å². The number of ether oxygens (including phenoxy) is 1. The van der Waals surface area contributed by atoms with Crippen molar-refractivity contribution in [1.82, 2.24) is 5.32 Å². The van der Waals surface area contributed by atoms with Gasteiger partial charge in [-0.2, -0.15) is 0 Å². The number of likely N-dealkylation sites (N-methyl/N-ethyl adjacent to an activating group) is 1. The molecule has 0 amide bonds. The molecule has 0 aliphatic carbocycles. The van der Waals surface area contributed by atoms with Gasteiger partial charge < -0.3 is 10.1 Å². The molecular weight excluding hydrogens is 234 g/mol. The fourth-order valence-corrected chi connectivity index (χ4v) is 1.98. The van der Waals surface area contributed by atoms with Crippen molar-refractivity contribution in [3.8, 4) is 5.75 Å². The summed E-state index contributed by atoms with van der Waals surface area (Å²) in [6.07, 6.45) is 0. The molecule has 0 fully saturated rings. The normalized spacial score (nSPS) is 10.4. The summed E-state index contributed by atoms with van der Waals surface area (Å²) in [7, 11) is 0. The van der Waals surface area contributed by atoms with E-state index in [2.05, 4.69) is 18.8 Å². The first-order chi connectivity index (χ1) is 8.04. The molecule has 1 aromatic rings. The smallest absolute Gasteiger partial charge is 0.125 e. The van der Waals surface area contributed by atoms with Crippen molar-refractivity contribution in [3.05, 3.63) is 40.4 Å². The minimum Gasteiger partial charge on any atom is -0.489 e. The molecule has 0 aliphatic rings. The average Bonchev–Trinajstić information content (AvgIpc) is 2.24. The van der Waals surface area contributed by atoms with Crippen molar-refractivity contribution in [3.63, 3.8) is 0 Å². The summed E-state index contributed by atoms with van der Waals surface area (Å²) in [6, 6.07) is 3.83. The Balaban J connectivity index is 2.60. The van der Waals surface area contributed by atoms with Crippen molar-refractivity contribution in [2.45, 2.75) is 20.8 Å². The second-order valence-electron chi connectivity index (χ2n) is 4.19. The van der Waals surface area contributed by atoms with Crippen LogP contribution in [-0.4, -0.2) is 19.7 Å². The van der Waals surface area contributed by atoms with E-state index in [9.17, 15) is 0 Å². The van der Waals surface area contributed by atoms with Gasteiger partial charge in [-0.1, -0.05) is 25.1 Å². The predicted octanol–water partition coefficient (Wildman–Crippen LogP) is 3.50. The van der Waals surface area contributed by atoms with Gasteiger partial charge in [-0.25, -0.2) is 0 Å². The topological polar surface area (TPSA) is 21.3 Å². The molecule has 0 radical (unpaired) electrons. The fraction of sp³-hybridized carbons (Fsp3) is 0.429. The van der Waals surface area contributed by atoms with E-state index in [0.717, 1.165) is 40.6 Å². The molecule has 0 bridgehead atoms. The van der Waals surface area contributed by atoms with Crippen LogP contribution < -0.4 is 10.1 Å². The van der Waals surface area contributed by atoms with E-state index in [0.29, 0.717) is 6.61 Å². The molecule has 0 aliphatic heterocycles. The Kier molecular flexibility index (Phi) is 5.52. The Labute approximate surface area is 109 Å². The molecule has 1 rings (SSSR count). The zero-order valence-corrected chi connectivity index (χ0v) is 11.5. The maximum atomic E-state index is 5.97. The third-order valence-corrected chi connectivity index (χ3v) is 2.69. The van der Waals surface area contributed by atoms with Crippen molar-refractivity contribution < 1.29 is 4.74 Å². The number of halogens is 1.